The quantitative estimate of drug-likeness (QED) is 0.788. The highest BCUT2D eigenvalue weighted by molar-refractivity contribution is 5.85. The Bertz CT molecular complexity index is 756. The Hall–Kier alpha value is -2.46. The van der Waals surface area contributed by atoms with Crippen molar-refractivity contribution in [1.29, 1.82) is 0 Å². The lowest BCUT2D eigenvalue weighted by atomic mass is 10.2. The zero-order valence-corrected chi connectivity index (χ0v) is 11.6. The Kier molecular flexibility index (Phi) is 3.79. The van der Waals surface area contributed by atoms with Gasteiger partial charge in [0.05, 0.1) is 11.2 Å². The molecule has 106 valence electrons. The molecule has 4 heteroatoms. The normalized spacial score (nSPS) is 10.8. The smallest absolute Gasteiger partial charge is 0.138 e. The molecule has 21 heavy (non-hydrogen) atoms. The summed E-state index contributed by atoms with van der Waals surface area (Å²) in [5.41, 5.74) is 1.77. The van der Waals surface area contributed by atoms with E-state index in [9.17, 15) is 4.39 Å². The van der Waals surface area contributed by atoms with Gasteiger partial charge < -0.3 is 10.1 Å². The summed E-state index contributed by atoms with van der Waals surface area (Å²) in [6.07, 6.45) is 0. The second-order valence-corrected chi connectivity index (χ2v) is 4.72. The van der Waals surface area contributed by atoms with Crippen molar-refractivity contribution < 1.29 is 9.13 Å². The molecule has 0 bridgehead atoms. The molecule has 0 spiro atoms. The van der Waals surface area contributed by atoms with E-state index in [4.69, 9.17) is 4.74 Å². The van der Waals surface area contributed by atoms with E-state index in [2.05, 4.69) is 10.3 Å². The molecule has 0 aliphatic carbocycles. The van der Waals surface area contributed by atoms with Gasteiger partial charge in [0.15, 0.2) is 0 Å². The van der Waals surface area contributed by atoms with Crippen LogP contribution in [-0.4, -0.2) is 12.0 Å². The third kappa shape index (κ3) is 3.01. The van der Waals surface area contributed by atoms with E-state index in [-0.39, 0.29) is 5.82 Å². The zero-order chi connectivity index (χ0) is 14.7. The first-order valence-electron chi connectivity index (χ1n) is 6.73. The number of para-hydroxylation sites is 1. The number of ether oxygens (including phenoxy) is 1. The number of pyridine rings is 1. The SMILES string of the molecule is CNCc1cc(Oc2ccc(F)cc2)c2ccccc2n1. The molecular formula is C17H15FN2O. The van der Waals surface area contributed by atoms with Crippen molar-refractivity contribution in [2.24, 2.45) is 0 Å². The van der Waals surface area contributed by atoms with Gasteiger partial charge in [0, 0.05) is 18.0 Å². The molecule has 0 fully saturated rings. The second kappa shape index (κ2) is 5.89. The molecule has 1 N–H and O–H groups in total. The summed E-state index contributed by atoms with van der Waals surface area (Å²) < 4.78 is 18.9. The molecule has 1 heterocycles. The van der Waals surface area contributed by atoms with E-state index in [1.165, 1.54) is 12.1 Å². The molecule has 0 saturated carbocycles. The van der Waals surface area contributed by atoms with Crippen molar-refractivity contribution in [3.05, 3.63) is 66.1 Å². The van der Waals surface area contributed by atoms with Crippen LogP contribution in [0.15, 0.2) is 54.6 Å². The number of fused-ring (bicyclic) bond motifs is 1. The fourth-order valence-corrected chi connectivity index (χ4v) is 2.18. The third-order valence-electron chi connectivity index (χ3n) is 3.13. The van der Waals surface area contributed by atoms with E-state index in [0.717, 1.165) is 22.3 Å². The number of rotatable bonds is 4. The van der Waals surface area contributed by atoms with Gasteiger partial charge in [-0.25, -0.2) is 4.39 Å². The topological polar surface area (TPSA) is 34.1 Å². The van der Waals surface area contributed by atoms with Crippen molar-refractivity contribution in [1.82, 2.24) is 10.3 Å². The van der Waals surface area contributed by atoms with Gasteiger partial charge >= 0.3 is 0 Å². The van der Waals surface area contributed by atoms with Crippen LogP contribution in [0.4, 0.5) is 4.39 Å². The predicted molar refractivity (Wildman–Crippen MR) is 81.0 cm³/mol. The Morgan fingerprint density at radius 2 is 1.86 bits per heavy atom. The molecule has 0 atom stereocenters. The Morgan fingerprint density at radius 3 is 2.62 bits per heavy atom. The van der Waals surface area contributed by atoms with Crippen LogP contribution >= 0.6 is 0 Å². The molecule has 3 nitrogen and oxygen atoms in total. The lowest BCUT2D eigenvalue weighted by molar-refractivity contribution is 0.484. The van der Waals surface area contributed by atoms with Gasteiger partial charge in [-0.15, -0.1) is 0 Å². The Morgan fingerprint density at radius 1 is 1.10 bits per heavy atom. The van der Waals surface area contributed by atoms with Crippen LogP contribution in [0.5, 0.6) is 11.5 Å². The van der Waals surface area contributed by atoms with E-state index in [0.29, 0.717) is 12.3 Å². The van der Waals surface area contributed by atoms with Gasteiger partial charge in [0.25, 0.3) is 0 Å². The summed E-state index contributed by atoms with van der Waals surface area (Å²) in [5.74, 6) is 1.04. The van der Waals surface area contributed by atoms with E-state index >= 15 is 0 Å². The largest absolute Gasteiger partial charge is 0.457 e. The van der Waals surface area contributed by atoms with Crippen LogP contribution in [0.3, 0.4) is 0 Å². The molecule has 3 aromatic rings. The number of hydrogen-bond acceptors (Lipinski definition) is 3. The van der Waals surface area contributed by atoms with Crippen LogP contribution in [0.25, 0.3) is 10.9 Å². The lowest BCUT2D eigenvalue weighted by Crippen LogP contribution is -2.07. The highest BCUT2D eigenvalue weighted by Gasteiger charge is 2.07. The molecule has 1 aromatic heterocycles. The average Bonchev–Trinajstić information content (AvgIpc) is 2.50. The Labute approximate surface area is 122 Å². The fourth-order valence-electron chi connectivity index (χ4n) is 2.18. The summed E-state index contributed by atoms with van der Waals surface area (Å²) in [5, 5.41) is 4.01. The summed E-state index contributed by atoms with van der Waals surface area (Å²) in [6.45, 7) is 0.657. The monoisotopic (exact) mass is 282 g/mol. The maximum absolute atomic E-state index is 13.0. The zero-order valence-electron chi connectivity index (χ0n) is 11.6. The molecule has 0 unspecified atom stereocenters. The highest BCUT2D eigenvalue weighted by Crippen LogP contribution is 2.30. The molecule has 0 aliphatic heterocycles. The molecule has 2 aromatic carbocycles. The number of halogens is 1. The van der Waals surface area contributed by atoms with E-state index in [1.54, 1.807) is 12.1 Å². The molecule has 0 amide bonds. The van der Waals surface area contributed by atoms with Crippen LogP contribution in [0.1, 0.15) is 5.69 Å². The minimum Gasteiger partial charge on any atom is -0.457 e. The van der Waals surface area contributed by atoms with E-state index in [1.807, 2.05) is 37.4 Å². The average molecular weight is 282 g/mol. The number of nitrogens with one attached hydrogen (secondary N) is 1. The van der Waals surface area contributed by atoms with Gasteiger partial charge in [-0.3, -0.25) is 4.98 Å². The van der Waals surface area contributed by atoms with Gasteiger partial charge in [-0.1, -0.05) is 12.1 Å². The third-order valence-corrected chi connectivity index (χ3v) is 3.13. The Balaban J connectivity index is 2.04. The molecule has 0 radical (unpaired) electrons. The van der Waals surface area contributed by atoms with Crippen LogP contribution < -0.4 is 10.1 Å². The first-order chi connectivity index (χ1) is 10.3. The van der Waals surface area contributed by atoms with Crippen molar-refractivity contribution in [2.45, 2.75) is 6.54 Å². The predicted octanol–water partition coefficient (Wildman–Crippen LogP) is 3.89. The van der Waals surface area contributed by atoms with Gasteiger partial charge in [0.1, 0.15) is 17.3 Å². The molecular weight excluding hydrogens is 267 g/mol. The minimum absolute atomic E-state index is 0.280. The fraction of sp³-hybridized carbons (Fsp3) is 0.118. The summed E-state index contributed by atoms with van der Waals surface area (Å²) in [6, 6.07) is 15.7. The summed E-state index contributed by atoms with van der Waals surface area (Å²) in [4.78, 5) is 4.58. The number of nitrogens with zero attached hydrogens (tertiary/aromatic N) is 1. The highest BCUT2D eigenvalue weighted by atomic mass is 19.1. The first-order valence-corrected chi connectivity index (χ1v) is 6.73. The van der Waals surface area contributed by atoms with Crippen molar-refractivity contribution in [3.63, 3.8) is 0 Å². The maximum Gasteiger partial charge on any atom is 0.138 e. The number of hydrogen-bond donors (Lipinski definition) is 1. The van der Waals surface area contributed by atoms with Gasteiger partial charge in [-0.2, -0.15) is 0 Å². The van der Waals surface area contributed by atoms with Crippen molar-refractivity contribution >= 4 is 10.9 Å². The van der Waals surface area contributed by atoms with Crippen LogP contribution in [0.2, 0.25) is 0 Å². The summed E-state index contributed by atoms with van der Waals surface area (Å²) >= 11 is 0. The van der Waals surface area contributed by atoms with Crippen LogP contribution in [0, 0.1) is 5.82 Å². The minimum atomic E-state index is -0.280. The van der Waals surface area contributed by atoms with Gasteiger partial charge in [-0.05, 0) is 43.4 Å². The van der Waals surface area contributed by atoms with Crippen LogP contribution in [-0.2, 0) is 6.54 Å². The second-order valence-electron chi connectivity index (χ2n) is 4.72. The molecule has 0 aliphatic rings. The standard InChI is InChI=1S/C17H15FN2O/c1-19-11-13-10-17(15-4-2-3-5-16(15)20-13)21-14-8-6-12(18)7-9-14/h2-10,19H,11H2,1H3. The molecule has 0 saturated heterocycles. The van der Waals surface area contributed by atoms with Crippen molar-refractivity contribution in [3.8, 4) is 11.5 Å². The van der Waals surface area contributed by atoms with Crippen molar-refractivity contribution in [2.75, 3.05) is 7.05 Å². The lowest BCUT2D eigenvalue weighted by Gasteiger charge is -2.11. The first kappa shape index (κ1) is 13.5. The molecule has 3 rings (SSSR count). The maximum atomic E-state index is 13.0. The number of benzene rings is 2. The van der Waals surface area contributed by atoms with E-state index < -0.39 is 0 Å². The number of aromatic nitrogens is 1. The van der Waals surface area contributed by atoms with Gasteiger partial charge in [0.2, 0.25) is 0 Å². The summed E-state index contributed by atoms with van der Waals surface area (Å²) in [7, 11) is 1.87.